The molecule has 2 aliphatic heterocycles. The Balaban J connectivity index is 1.23. The van der Waals surface area contributed by atoms with Crippen LogP contribution in [0.5, 0.6) is 0 Å². The van der Waals surface area contributed by atoms with Crippen molar-refractivity contribution >= 4 is 40.9 Å². The highest BCUT2D eigenvalue weighted by Crippen LogP contribution is 2.36. The summed E-state index contributed by atoms with van der Waals surface area (Å²) in [6.07, 6.45) is 3.83. The second-order valence-corrected chi connectivity index (χ2v) is 10.2. The highest BCUT2D eigenvalue weighted by molar-refractivity contribution is 6.31. The zero-order valence-electron chi connectivity index (χ0n) is 21.2. The number of nitrogens with one attached hydrogen (secondary N) is 1. The molecule has 2 amide bonds. The number of hydrogen-bond acceptors (Lipinski definition) is 8. The van der Waals surface area contributed by atoms with Crippen LogP contribution in [0.1, 0.15) is 52.1 Å². The Bertz CT molecular complexity index is 1600. The number of amides is 2. The molecule has 1 aromatic carbocycles. The van der Waals surface area contributed by atoms with E-state index in [0.717, 1.165) is 12.1 Å². The van der Waals surface area contributed by atoms with E-state index in [-0.39, 0.29) is 40.5 Å². The zero-order valence-corrected chi connectivity index (χ0v) is 21.9. The summed E-state index contributed by atoms with van der Waals surface area (Å²) in [4.78, 5) is 52.4. The number of nitrogen functional groups attached to an aromatic ring is 2. The van der Waals surface area contributed by atoms with E-state index in [4.69, 9.17) is 28.1 Å². The summed E-state index contributed by atoms with van der Waals surface area (Å²) in [6, 6.07) is 6.13. The molecule has 1 saturated heterocycles. The first-order chi connectivity index (χ1) is 19.0. The minimum absolute atomic E-state index is 0.0106. The van der Waals surface area contributed by atoms with Crippen molar-refractivity contribution in [2.45, 2.75) is 37.8 Å². The van der Waals surface area contributed by atoms with Crippen LogP contribution in [-0.2, 0) is 6.54 Å². The highest BCUT2D eigenvalue weighted by atomic mass is 35.5. The number of likely N-dealkylation sites (tertiary alicyclic amines) is 1. The molecule has 0 radical (unpaired) electrons. The fraction of sp³-hybridized carbons (Fsp3) is 0.308. The lowest BCUT2D eigenvalue weighted by Gasteiger charge is -2.37. The van der Waals surface area contributed by atoms with Gasteiger partial charge in [0.25, 0.3) is 17.4 Å². The van der Waals surface area contributed by atoms with E-state index >= 15 is 0 Å². The Labute approximate surface area is 231 Å². The molecule has 0 aliphatic carbocycles. The third kappa shape index (κ3) is 5.50. The number of carbonyl (C=O) groups is 2. The van der Waals surface area contributed by atoms with E-state index in [9.17, 15) is 23.2 Å². The summed E-state index contributed by atoms with van der Waals surface area (Å²) in [5, 5.41) is 2.60. The first kappa shape index (κ1) is 27.2. The lowest BCUT2D eigenvalue weighted by molar-refractivity contribution is 0.0672. The lowest BCUT2D eigenvalue weighted by atomic mass is 9.86. The summed E-state index contributed by atoms with van der Waals surface area (Å²) in [6.45, 7) is 0.846. The Kier molecular flexibility index (Phi) is 7.23. The maximum absolute atomic E-state index is 13.6. The van der Waals surface area contributed by atoms with Crippen molar-refractivity contribution in [1.29, 1.82) is 0 Å². The van der Waals surface area contributed by atoms with Gasteiger partial charge < -0.3 is 26.3 Å². The maximum atomic E-state index is 13.6. The van der Waals surface area contributed by atoms with Gasteiger partial charge in [-0.15, -0.1) is 0 Å². The van der Waals surface area contributed by atoms with Crippen molar-refractivity contribution in [2.24, 2.45) is 4.99 Å². The summed E-state index contributed by atoms with van der Waals surface area (Å²) in [7, 11) is 0. The van der Waals surface area contributed by atoms with Crippen LogP contribution in [0.2, 0.25) is 5.15 Å². The number of carbonyl (C=O) groups excluding carboxylic acids is 2. The molecule has 5 rings (SSSR count). The first-order valence-corrected chi connectivity index (χ1v) is 12.8. The van der Waals surface area contributed by atoms with Crippen molar-refractivity contribution in [2.75, 3.05) is 24.6 Å². The van der Waals surface area contributed by atoms with Gasteiger partial charge in [-0.2, -0.15) is 0 Å². The number of hydrogen-bond donors (Lipinski definition) is 3. The van der Waals surface area contributed by atoms with Gasteiger partial charge in [-0.25, -0.2) is 18.7 Å². The van der Waals surface area contributed by atoms with Gasteiger partial charge in [-0.3, -0.25) is 19.4 Å². The van der Waals surface area contributed by atoms with Crippen LogP contribution >= 0.6 is 11.6 Å². The van der Waals surface area contributed by atoms with Crippen molar-refractivity contribution in [3.63, 3.8) is 0 Å². The van der Waals surface area contributed by atoms with Crippen LogP contribution in [-0.4, -0.2) is 55.7 Å². The second-order valence-electron chi connectivity index (χ2n) is 9.80. The summed E-state index contributed by atoms with van der Waals surface area (Å²) in [5.74, 6) is -2.55. The van der Waals surface area contributed by atoms with E-state index in [1.165, 1.54) is 29.0 Å². The number of nitrogens with zero attached hydrogens (tertiary/aromatic N) is 5. The van der Waals surface area contributed by atoms with Crippen molar-refractivity contribution in [3.8, 4) is 0 Å². The van der Waals surface area contributed by atoms with Crippen molar-refractivity contribution in [3.05, 3.63) is 80.5 Å². The summed E-state index contributed by atoms with van der Waals surface area (Å²) < 4.78 is 28.1. The number of halogens is 3. The third-order valence-corrected chi connectivity index (χ3v) is 7.40. The largest absolute Gasteiger partial charge is 0.382 e. The maximum Gasteiger partial charge on any atom is 0.279 e. The molecule has 2 aliphatic rings. The van der Waals surface area contributed by atoms with Crippen LogP contribution in [0.15, 0.2) is 46.3 Å². The standard InChI is InChI=1S/C26H25ClF2N8O3/c27-21-23(31)34-22(30)20(33-21)24(39)32-18-5-6-26(35-18)7-9-36(10-8-26)25(40)15-2-4-19(38)37(13-15)12-14-1-3-16(28)17(29)11-14/h1-4,11,13H,5-10,12H2,(H4,30,31,34)(H,32,35,39). The predicted octanol–water partition coefficient (Wildman–Crippen LogP) is 2.38. The SMILES string of the molecule is Nc1nc(N)c(C(=O)NC2=NC3(CC2)CCN(C(=O)c2ccc(=O)n(Cc4ccc(F)c(F)c4)c2)CC3)nc1Cl. The molecule has 3 aromatic rings. The summed E-state index contributed by atoms with van der Waals surface area (Å²) in [5.41, 5.74) is 11.1. The Morgan fingerprint density at radius 2 is 1.77 bits per heavy atom. The number of aliphatic imine (C=N–C) groups is 1. The minimum atomic E-state index is -1.01. The van der Waals surface area contributed by atoms with Crippen molar-refractivity contribution < 1.29 is 18.4 Å². The molecule has 11 nitrogen and oxygen atoms in total. The second kappa shape index (κ2) is 10.6. The van der Waals surface area contributed by atoms with E-state index < -0.39 is 23.1 Å². The number of pyridine rings is 1. The zero-order chi connectivity index (χ0) is 28.6. The van der Waals surface area contributed by atoms with Gasteiger partial charge in [-0.1, -0.05) is 17.7 Å². The number of nitrogens with two attached hydrogens (primary N) is 2. The van der Waals surface area contributed by atoms with Crippen LogP contribution in [0, 0.1) is 11.6 Å². The third-order valence-electron chi connectivity index (χ3n) is 7.13. The number of benzene rings is 1. The average molecular weight is 571 g/mol. The molecular formula is C26H25ClF2N8O3. The molecule has 0 atom stereocenters. The normalized spacial score (nSPS) is 16.2. The fourth-order valence-corrected chi connectivity index (χ4v) is 5.05. The molecule has 0 bridgehead atoms. The summed E-state index contributed by atoms with van der Waals surface area (Å²) >= 11 is 5.87. The molecule has 14 heteroatoms. The quantitative estimate of drug-likeness (QED) is 0.434. The van der Waals surface area contributed by atoms with Crippen molar-refractivity contribution in [1.82, 2.24) is 24.8 Å². The highest BCUT2D eigenvalue weighted by Gasteiger charge is 2.40. The number of anilines is 2. The average Bonchev–Trinajstić information content (AvgIpc) is 3.31. The monoisotopic (exact) mass is 570 g/mol. The number of rotatable bonds is 4. The van der Waals surface area contributed by atoms with Crippen LogP contribution < -0.4 is 22.3 Å². The fourth-order valence-electron chi connectivity index (χ4n) is 4.93. The number of aromatic nitrogens is 3. The smallest absolute Gasteiger partial charge is 0.279 e. The van der Waals surface area contributed by atoms with E-state index in [0.29, 0.717) is 55.7 Å². The van der Waals surface area contributed by atoms with Gasteiger partial charge in [0.15, 0.2) is 34.1 Å². The number of piperidine rings is 1. The van der Waals surface area contributed by atoms with Gasteiger partial charge in [0.2, 0.25) is 0 Å². The Morgan fingerprint density at radius 1 is 1.02 bits per heavy atom. The molecule has 40 heavy (non-hydrogen) atoms. The van der Waals surface area contributed by atoms with Gasteiger partial charge in [-0.05, 0) is 43.0 Å². The van der Waals surface area contributed by atoms with Gasteiger partial charge in [0.05, 0.1) is 17.6 Å². The Morgan fingerprint density at radius 3 is 2.50 bits per heavy atom. The Hall–Kier alpha value is -4.39. The van der Waals surface area contributed by atoms with Gasteiger partial charge in [0.1, 0.15) is 5.84 Å². The molecule has 208 valence electrons. The van der Waals surface area contributed by atoms with Crippen LogP contribution in [0.3, 0.4) is 0 Å². The molecule has 5 N–H and O–H groups in total. The van der Waals surface area contributed by atoms with Gasteiger partial charge in [0, 0.05) is 31.8 Å². The lowest BCUT2D eigenvalue weighted by Crippen LogP contribution is -2.45. The molecule has 0 unspecified atom stereocenters. The van der Waals surface area contributed by atoms with Crippen LogP contribution in [0.4, 0.5) is 20.4 Å². The molecular weight excluding hydrogens is 546 g/mol. The van der Waals surface area contributed by atoms with E-state index in [1.807, 2.05) is 0 Å². The van der Waals surface area contributed by atoms with E-state index in [1.54, 1.807) is 4.90 Å². The molecule has 0 saturated carbocycles. The molecule has 1 fully saturated rings. The molecule has 1 spiro atoms. The minimum Gasteiger partial charge on any atom is -0.382 e. The van der Waals surface area contributed by atoms with E-state index in [2.05, 4.69) is 15.3 Å². The topological polar surface area (TPSA) is 162 Å². The molecule has 2 aromatic heterocycles. The van der Waals surface area contributed by atoms with Gasteiger partial charge >= 0.3 is 0 Å². The number of amidine groups is 1. The molecule has 4 heterocycles. The van der Waals surface area contributed by atoms with Crippen LogP contribution in [0.25, 0.3) is 0 Å². The first-order valence-electron chi connectivity index (χ1n) is 12.5. The predicted molar refractivity (Wildman–Crippen MR) is 144 cm³/mol.